The summed E-state index contributed by atoms with van der Waals surface area (Å²) in [5.74, 6) is 1.08. The van der Waals surface area contributed by atoms with Crippen LogP contribution in [0.1, 0.15) is 11.5 Å². The van der Waals surface area contributed by atoms with Gasteiger partial charge in [0.2, 0.25) is 11.8 Å². The van der Waals surface area contributed by atoms with Crippen LogP contribution in [0.2, 0.25) is 0 Å². The fourth-order valence-electron chi connectivity index (χ4n) is 2.93. The molecule has 4 rings (SSSR count). The molecule has 1 amide bonds. The van der Waals surface area contributed by atoms with Crippen molar-refractivity contribution in [2.24, 2.45) is 0 Å². The zero-order chi connectivity index (χ0) is 19.5. The molecule has 0 saturated heterocycles. The highest BCUT2D eigenvalue weighted by Gasteiger charge is 2.22. The van der Waals surface area contributed by atoms with Gasteiger partial charge in [-0.3, -0.25) is 9.69 Å². The largest absolute Gasteiger partial charge is 0.441 e. The lowest BCUT2D eigenvalue weighted by Crippen LogP contribution is -2.32. The molecule has 0 fully saturated rings. The molecular weight excluding hydrogens is 370 g/mol. The van der Waals surface area contributed by atoms with Crippen LogP contribution in [0.25, 0.3) is 21.7 Å². The lowest BCUT2D eigenvalue weighted by atomic mass is 10.2. The quantitative estimate of drug-likeness (QED) is 0.434. The number of hydrogen-bond acceptors (Lipinski definition) is 5. The van der Waals surface area contributed by atoms with E-state index < -0.39 is 0 Å². The number of hydrogen-bond donors (Lipinski definition) is 0. The Hall–Kier alpha value is -3.25. The summed E-state index contributed by atoms with van der Waals surface area (Å²) >= 11 is 1.49. The van der Waals surface area contributed by atoms with E-state index in [0.717, 1.165) is 15.8 Å². The van der Waals surface area contributed by atoms with Crippen LogP contribution in [0, 0.1) is 6.92 Å². The number of benzene rings is 2. The smallest absolute Gasteiger partial charge is 0.235 e. The lowest BCUT2D eigenvalue weighted by Gasteiger charge is -2.17. The van der Waals surface area contributed by atoms with Crippen molar-refractivity contribution in [1.82, 2.24) is 9.97 Å². The van der Waals surface area contributed by atoms with E-state index in [1.807, 2.05) is 61.5 Å². The Morgan fingerprint density at radius 1 is 1.14 bits per heavy atom. The highest BCUT2D eigenvalue weighted by molar-refractivity contribution is 7.22. The maximum Gasteiger partial charge on any atom is 0.235 e. The molecule has 0 radical (unpaired) electrons. The predicted octanol–water partition coefficient (Wildman–Crippen LogP) is 5.02. The van der Waals surface area contributed by atoms with Gasteiger partial charge in [0, 0.05) is 12.1 Å². The van der Waals surface area contributed by atoms with Crippen molar-refractivity contribution in [3.05, 3.63) is 78.7 Å². The van der Waals surface area contributed by atoms with Crippen LogP contribution in [0.15, 0.2) is 71.7 Å². The van der Waals surface area contributed by atoms with Gasteiger partial charge in [-0.25, -0.2) is 9.97 Å². The summed E-state index contributed by atoms with van der Waals surface area (Å²) in [5, 5.41) is 0.663. The first kappa shape index (κ1) is 18.1. The van der Waals surface area contributed by atoms with E-state index in [1.165, 1.54) is 11.3 Å². The van der Waals surface area contributed by atoms with E-state index in [-0.39, 0.29) is 12.3 Å². The molecule has 2 heterocycles. The van der Waals surface area contributed by atoms with Crippen molar-refractivity contribution in [3.63, 3.8) is 0 Å². The second kappa shape index (κ2) is 7.78. The molecule has 4 aromatic rings. The Morgan fingerprint density at radius 2 is 1.89 bits per heavy atom. The van der Waals surface area contributed by atoms with Crippen LogP contribution in [0.3, 0.4) is 0 Å². The van der Waals surface area contributed by atoms with Gasteiger partial charge in [-0.2, -0.15) is 0 Å². The average Bonchev–Trinajstić information content (AvgIpc) is 3.30. The average molecular weight is 389 g/mol. The van der Waals surface area contributed by atoms with Crippen molar-refractivity contribution in [2.45, 2.75) is 13.3 Å². The van der Waals surface area contributed by atoms with Gasteiger partial charge in [-0.15, -0.1) is 6.58 Å². The summed E-state index contributed by atoms with van der Waals surface area (Å²) < 4.78 is 6.82. The first-order valence-electron chi connectivity index (χ1n) is 8.94. The summed E-state index contributed by atoms with van der Waals surface area (Å²) in [7, 11) is 0. The number of oxazole rings is 1. The van der Waals surface area contributed by atoms with Gasteiger partial charge in [-0.05, 0) is 31.2 Å². The van der Waals surface area contributed by atoms with Gasteiger partial charge in [0.15, 0.2) is 5.13 Å². The molecule has 28 heavy (non-hydrogen) atoms. The third-order valence-electron chi connectivity index (χ3n) is 4.36. The normalized spacial score (nSPS) is 10.9. The van der Waals surface area contributed by atoms with Crippen molar-refractivity contribution >= 4 is 32.6 Å². The topological polar surface area (TPSA) is 59.2 Å². The van der Waals surface area contributed by atoms with Crippen LogP contribution in [0.4, 0.5) is 5.13 Å². The minimum Gasteiger partial charge on any atom is -0.441 e. The van der Waals surface area contributed by atoms with E-state index in [2.05, 4.69) is 16.5 Å². The number of carbonyl (C=O) groups is 1. The first-order valence-corrected chi connectivity index (χ1v) is 9.76. The molecule has 2 aromatic heterocycles. The Morgan fingerprint density at radius 3 is 2.64 bits per heavy atom. The molecule has 0 aliphatic heterocycles. The number of fused-ring (bicyclic) bond motifs is 1. The maximum atomic E-state index is 13.0. The van der Waals surface area contributed by atoms with Crippen molar-refractivity contribution in [1.29, 1.82) is 0 Å². The number of carbonyl (C=O) groups excluding carboxylic acids is 1. The first-order chi connectivity index (χ1) is 13.7. The standard InChI is InChI=1S/C22H19N3O2S/c1-3-13-25(22-24-17-11-7-8-12-19(17)28-22)20(26)14-18-15(2)27-21(23-18)16-9-5-4-6-10-16/h3-12H,1,13-14H2,2H3. The number of aromatic nitrogens is 2. The second-order valence-corrected chi connectivity index (χ2v) is 7.33. The molecule has 0 atom stereocenters. The van der Waals surface area contributed by atoms with Crippen molar-refractivity contribution < 1.29 is 9.21 Å². The molecule has 0 N–H and O–H groups in total. The van der Waals surface area contributed by atoms with Gasteiger partial charge in [0.05, 0.1) is 22.3 Å². The molecular formula is C22H19N3O2S. The molecule has 5 nitrogen and oxygen atoms in total. The Balaban J connectivity index is 1.60. The predicted molar refractivity (Wildman–Crippen MR) is 113 cm³/mol. The van der Waals surface area contributed by atoms with Gasteiger partial charge >= 0.3 is 0 Å². The third kappa shape index (κ3) is 3.59. The molecule has 2 aromatic carbocycles. The van der Waals surface area contributed by atoms with Crippen LogP contribution in [-0.2, 0) is 11.2 Å². The SMILES string of the molecule is C=CCN(C(=O)Cc1nc(-c2ccccc2)oc1C)c1nc2ccccc2s1. The molecule has 0 aliphatic carbocycles. The molecule has 0 bridgehead atoms. The van der Waals surface area contributed by atoms with Crippen molar-refractivity contribution in [3.8, 4) is 11.5 Å². The van der Waals surface area contributed by atoms with Gasteiger partial charge in [0.1, 0.15) is 5.76 Å². The van der Waals surface area contributed by atoms with Gasteiger partial charge in [0.25, 0.3) is 0 Å². The number of amides is 1. The van der Waals surface area contributed by atoms with E-state index in [4.69, 9.17) is 4.42 Å². The van der Waals surface area contributed by atoms with Crippen LogP contribution < -0.4 is 4.90 Å². The lowest BCUT2D eigenvalue weighted by molar-refractivity contribution is -0.117. The Labute approximate surface area is 167 Å². The van der Waals surface area contributed by atoms with E-state index in [0.29, 0.717) is 29.0 Å². The molecule has 0 saturated carbocycles. The fourth-order valence-corrected chi connectivity index (χ4v) is 3.92. The second-order valence-electron chi connectivity index (χ2n) is 6.32. The zero-order valence-corrected chi connectivity index (χ0v) is 16.3. The van der Waals surface area contributed by atoms with Crippen LogP contribution in [-0.4, -0.2) is 22.4 Å². The van der Waals surface area contributed by atoms with Gasteiger partial charge in [-0.1, -0.05) is 47.7 Å². The maximum absolute atomic E-state index is 13.0. The highest BCUT2D eigenvalue weighted by atomic mass is 32.1. The number of thiazole rings is 1. The number of para-hydroxylation sites is 1. The summed E-state index contributed by atoms with van der Waals surface area (Å²) in [6, 6.07) is 17.5. The molecule has 6 heteroatoms. The summed E-state index contributed by atoms with van der Waals surface area (Å²) in [4.78, 5) is 23.8. The summed E-state index contributed by atoms with van der Waals surface area (Å²) in [6.07, 6.45) is 1.85. The monoisotopic (exact) mass is 389 g/mol. The molecule has 0 spiro atoms. The fraction of sp³-hybridized carbons (Fsp3) is 0.136. The molecule has 0 aliphatic rings. The van der Waals surface area contributed by atoms with E-state index in [1.54, 1.807) is 11.0 Å². The Bertz CT molecular complexity index is 1100. The highest BCUT2D eigenvalue weighted by Crippen LogP contribution is 2.29. The zero-order valence-electron chi connectivity index (χ0n) is 15.5. The molecule has 140 valence electrons. The number of aryl methyl sites for hydroxylation is 1. The number of rotatable bonds is 6. The van der Waals surface area contributed by atoms with Crippen LogP contribution in [0.5, 0.6) is 0 Å². The summed E-state index contributed by atoms with van der Waals surface area (Å²) in [6.45, 7) is 6.00. The third-order valence-corrected chi connectivity index (χ3v) is 5.42. The van der Waals surface area contributed by atoms with Crippen LogP contribution >= 0.6 is 11.3 Å². The number of nitrogens with zero attached hydrogens (tertiary/aromatic N) is 3. The van der Waals surface area contributed by atoms with E-state index in [9.17, 15) is 4.79 Å². The minimum absolute atomic E-state index is 0.0880. The number of anilines is 1. The summed E-state index contributed by atoms with van der Waals surface area (Å²) in [5.41, 5.74) is 2.41. The van der Waals surface area contributed by atoms with E-state index >= 15 is 0 Å². The minimum atomic E-state index is -0.0880. The molecule has 0 unspecified atom stereocenters. The van der Waals surface area contributed by atoms with Gasteiger partial charge < -0.3 is 4.42 Å². The Kier molecular flexibility index (Phi) is 5.04. The van der Waals surface area contributed by atoms with Crippen molar-refractivity contribution in [2.75, 3.05) is 11.4 Å².